The number of thiophene rings is 1. The zero-order valence-corrected chi connectivity index (χ0v) is 16.7. The van der Waals surface area contributed by atoms with E-state index in [0.29, 0.717) is 29.0 Å². The Morgan fingerprint density at radius 1 is 1.37 bits per heavy atom. The number of hydrogen-bond donors (Lipinski definition) is 1. The lowest BCUT2D eigenvalue weighted by atomic mass is 10.2. The molecule has 4 rings (SSSR count). The van der Waals surface area contributed by atoms with Crippen LogP contribution in [0.25, 0.3) is 21.3 Å². The van der Waals surface area contributed by atoms with Crippen molar-refractivity contribution < 1.29 is 9.47 Å². The van der Waals surface area contributed by atoms with E-state index in [1.54, 1.807) is 24.5 Å². The number of aromatic nitrogens is 2. The van der Waals surface area contributed by atoms with E-state index in [2.05, 4.69) is 9.97 Å². The van der Waals surface area contributed by atoms with Gasteiger partial charge in [-0.05, 0) is 55.5 Å². The minimum atomic E-state index is -0.120. The van der Waals surface area contributed by atoms with Gasteiger partial charge in [0.15, 0.2) is 17.3 Å². The Bertz CT molecular complexity index is 1100. The SMILES string of the molecule is CCOc1cc(/C=C(\Cl)c2nc3sc4c(c3c(=O)[nH]2)CCC4)ccc1OC. The van der Waals surface area contributed by atoms with Crippen molar-refractivity contribution in [3.63, 3.8) is 0 Å². The minimum Gasteiger partial charge on any atom is -0.493 e. The Hall–Kier alpha value is -2.31. The van der Waals surface area contributed by atoms with E-state index in [4.69, 9.17) is 21.1 Å². The van der Waals surface area contributed by atoms with Crippen molar-refractivity contribution in [3.05, 3.63) is 50.4 Å². The molecule has 1 aromatic carbocycles. The van der Waals surface area contributed by atoms with Gasteiger partial charge in [0, 0.05) is 4.88 Å². The van der Waals surface area contributed by atoms with Crippen LogP contribution in [0, 0.1) is 0 Å². The Morgan fingerprint density at radius 3 is 3.00 bits per heavy atom. The van der Waals surface area contributed by atoms with Crippen LogP contribution in [0.1, 0.15) is 35.2 Å². The predicted molar refractivity (Wildman–Crippen MR) is 110 cm³/mol. The highest BCUT2D eigenvalue weighted by molar-refractivity contribution is 7.18. The van der Waals surface area contributed by atoms with E-state index in [9.17, 15) is 4.79 Å². The summed E-state index contributed by atoms with van der Waals surface area (Å²) in [6.45, 7) is 2.45. The fourth-order valence-electron chi connectivity index (χ4n) is 3.38. The third-order valence-corrected chi connectivity index (χ3v) is 6.06. The molecule has 0 aliphatic heterocycles. The first-order valence-electron chi connectivity index (χ1n) is 8.83. The molecule has 2 aromatic heterocycles. The van der Waals surface area contributed by atoms with Gasteiger partial charge in [-0.25, -0.2) is 4.98 Å². The summed E-state index contributed by atoms with van der Waals surface area (Å²) in [6, 6.07) is 5.55. The summed E-state index contributed by atoms with van der Waals surface area (Å²) in [6.07, 6.45) is 4.85. The van der Waals surface area contributed by atoms with E-state index < -0.39 is 0 Å². The molecule has 140 valence electrons. The number of aromatic amines is 1. The molecule has 0 saturated heterocycles. The van der Waals surface area contributed by atoms with Crippen LogP contribution in [-0.4, -0.2) is 23.7 Å². The van der Waals surface area contributed by atoms with Gasteiger partial charge in [-0.15, -0.1) is 11.3 Å². The van der Waals surface area contributed by atoms with Crippen molar-refractivity contribution in [1.29, 1.82) is 0 Å². The molecule has 0 fully saturated rings. The van der Waals surface area contributed by atoms with Crippen molar-refractivity contribution in [1.82, 2.24) is 9.97 Å². The van der Waals surface area contributed by atoms with Crippen LogP contribution in [0.2, 0.25) is 0 Å². The number of fused-ring (bicyclic) bond motifs is 3. The summed E-state index contributed by atoms with van der Waals surface area (Å²) >= 11 is 8.07. The quantitative estimate of drug-likeness (QED) is 0.676. The maximum Gasteiger partial charge on any atom is 0.260 e. The molecule has 27 heavy (non-hydrogen) atoms. The molecule has 2 heterocycles. The smallest absolute Gasteiger partial charge is 0.260 e. The topological polar surface area (TPSA) is 64.2 Å². The second-order valence-corrected chi connectivity index (χ2v) is 7.78. The maximum atomic E-state index is 12.6. The molecule has 0 spiro atoms. The zero-order valence-electron chi connectivity index (χ0n) is 15.1. The van der Waals surface area contributed by atoms with E-state index in [1.165, 1.54) is 4.88 Å². The largest absolute Gasteiger partial charge is 0.493 e. The first-order valence-corrected chi connectivity index (χ1v) is 10.0. The second-order valence-electron chi connectivity index (χ2n) is 6.29. The van der Waals surface area contributed by atoms with Gasteiger partial charge in [-0.1, -0.05) is 17.7 Å². The van der Waals surface area contributed by atoms with Crippen molar-refractivity contribution in [2.75, 3.05) is 13.7 Å². The molecular weight excluding hydrogens is 384 g/mol. The average Bonchev–Trinajstić information content (AvgIpc) is 3.22. The highest BCUT2D eigenvalue weighted by Gasteiger charge is 2.21. The number of benzene rings is 1. The third kappa shape index (κ3) is 3.35. The lowest BCUT2D eigenvalue weighted by Gasteiger charge is -2.10. The highest BCUT2D eigenvalue weighted by atomic mass is 35.5. The van der Waals surface area contributed by atoms with Crippen LogP contribution < -0.4 is 15.0 Å². The average molecular weight is 403 g/mol. The Labute approximate surface area is 165 Å². The molecule has 0 amide bonds. The van der Waals surface area contributed by atoms with Gasteiger partial charge in [-0.2, -0.15) is 0 Å². The third-order valence-electron chi connectivity index (χ3n) is 4.58. The molecule has 0 saturated carbocycles. The summed E-state index contributed by atoms with van der Waals surface area (Å²) < 4.78 is 10.9. The molecule has 1 N–H and O–H groups in total. The normalized spacial score (nSPS) is 13.8. The van der Waals surface area contributed by atoms with Crippen LogP contribution in [0.5, 0.6) is 11.5 Å². The van der Waals surface area contributed by atoms with Gasteiger partial charge in [0.2, 0.25) is 0 Å². The molecule has 1 aliphatic carbocycles. The van der Waals surface area contributed by atoms with Gasteiger partial charge >= 0.3 is 0 Å². The van der Waals surface area contributed by atoms with Crippen LogP contribution in [0.4, 0.5) is 0 Å². The first-order chi connectivity index (χ1) is 13.1. The van der Waals surface area contributed by atoms with Crippen LogP contribution in [-0.2, 0) is 12.8 Å². The number of H-pyrrole nitrogens is 1. The number of hydrogen-bond acceptors (Lipinski definition) is 5. The van der Waals surface area contributed by atoms with Gasteiger partial charge < -0.3 is 14.5 Å². The number of aryl methyl sites for hydroxylation is 2. The standard InChI is InChI=1S/C20H19ClN2O3S/c1-3-26-15-10-11(7-8-14(15)25-2)9-13(21)18-22-19(24)17-12-5-4-6-16(12)27-20(17)23-18/h7-10H,3-6H2,1-2H3,(H,22,23,24)/b13-9-. The molecule has 3 aromatic rings. The van der Waals surface area contributed by atoms with Crippen molar-refractivity contribution in [2.24, 2.45) is 0 Å². The lowest BCUT2D eigenvalue weighted by molar-refractivity contribution is 0.311. The van der Waals surface area contributed by atoms with Gasteiger partial charge in [0.05, 0.1) is 24.1 Å². The Balaban J connectivity index is 1.73. The molecule has 7 heteroatoms. The van der Waals surface area contributed by atoms with E-state index in [0.717, 1.165) is 40.6 Å². The maximum absolute atomic E-state index is 12.6. The monoisotopic (exact) mass is 402 g/mol. The number of rotatable bonds is 5. The Kier molecular flexibility index (Phi) is 4.93. The van der Waals surface area contributed by atoms with E-state index >= 15 is 0 Å². The molecular formula is C20H19ClN2O3S. The van der Waals surface area contributed by atoms with E-state index in [1.807, 2.05) is 25.1 Å². The summed E-state index contributed by atoms with van der Waals surface area (Å²) in [5.74, 6) is 1.68. The zero-order chi connectivity index (χ0) is 19.0. The molecule has 1 aliphatic rings. The fraction of sp³-hybridized carbons (Fsp3) is 0.300. The molecule has 0 bridgehead atoms. The molecule has 0 atom stereocenters. The Morgan fingerprint density at radius 2 is 2.22 bits per heavy atom. The number of methoxy groups -OCH3 is 1. The molecule has 5 nitrogen and oxygen atoms in total. The van der Waals surface area contributed by atoms with E-state index in [-0.39, 0.29) is 5.56 Å². The van der Waals surface area contributed by atoms with Crippen molar-refractivity contribution in [3.8, 4) is 11.5 Å². The summed E-state index contributed by atoms with van der Waals surface area (Å²) in [5, 5.41) is 1.10. The second kappa shape index (κ2) is 7.37. The van der Waals surface area contributed by atoms with Crippen LogP contribution in [0.3, 0.4) is 0 Å². The number of halogens is 1. The summed E-state index contributed by atoms with van der Waals surface area (Å²) in [4.78, 5) is 22.0. The predicted octanol–water partition coefficient (Wildman–Crippen LogP) is 4.62. The minimum absolute atomic E-state index is 0.120. The van der Waals surface area contributed by atoms with Gasteiger partial charge in [0.25, 0.3) is 5.56 Å². The molecule has 0 unspecified atom stereocenters. The lowest BCUT2D eigenvalue weighted by Crippen LogP contribution is -2.10. The van der Waals surface area contributed by atoms with Crippen LogP contribution >= 0.6 is 22.9 Å². The summed E-state index contributed by atoms with van der Waals surface area (Å²) in [7, 11) is 1.60. The van der Waals surface area contributed by atoms with Crippen LogP contribution in [0.15, 0.2) is 23.0 Å². The van der Waals surface area contributed by atoms with Crippen molar-refractivity contribution >= 4 is 44.3 Å². The fourth-order valence-corrected chi connectivity index (χ4v) is 4.86. The highest BCUT2D eigenvalue weighted by Crippen LogP contribution is 2.35. The molecule has 0 radical (unpaired) electrons. The number of nitrogens with one attached hydrogen (secondary N) is 1. The first kappa shape index (κ1) is 18.1. The number of ether oxygens (including phenoxy) is 2. The van der Waals surface area contributed by atoms with Gasteiger partial charge in [0.1, 0.15) is 4.83 Å². The van der Waals surface area contributed by atoms with Gasteiger partial charge in [-0.3, -0.25) is 4.79 Å². The van der Waals surface area contributed by atoms with Crippen molar-refractivity contribution in [2.45, 2.75) is 26.2 Å². The summed E-state index contributed by atoms with van der Waals surface area (Å²) in [5.41, 5.74) is 1.87. The number of nitrogens with zero attached hydrogens (tertiary/aromatic N) is 1.